The largest absolute Gasteiger partial charge is 0.367 e. The number of amides is 1. The summed E-state index contributed by atoms with van der Waals surface area (Å²) < 4.78 is 0. The third-order valence-electron chi connectivity index (χ3n) is 4.24. The molecule has 1 aromatic heterocycles. The number of anilines is 1. The molecular formula is C16H24Cl2N4O. The smallest absolute Gasteiger partial charge is 0.220 e. The summed E-state index contributed by atoms with van der Waals surface area (Å²) in [6.45, 7) is 5.41. The zero-order chi connectivity index (χ0) is 16.7. The average Bonchev–Trinajstić information content (AvgIpc) is 2.54. The maximum atomic E-state index is 12.0. The first-order chi connectivity index (χ1) is 11.1. The van der Waals surface area contributed by atoms with E-state index in [0.29, 0.717) is 47.2 Å². The first kappa shape index (κ1) is 18.3. The van der Waals surface area contributed by atoms with E-state index in [9.17, 15) is 4.79 Å². The van der Waals surface area contributed by atoms with Crippen LogP contribution in [0.15, 0.2) is 12.3 Å². The Morgan fingerprint density at radius 2 is 2.13 bits per heavy atom. The van der Waals surface area contributed by atoms with Crippen LogP contribution in [0.2, 0.25) is 10.0 Å². The molecule has 23 heavy (non-hydrogen) atoms. The lowest BCUT2D eigenvalue weighted by molar-refractivity contribution is -0.122. The Balaban J connectivity index is 1.64. The second-order valence-electron chi connectivity index (χ2n) is 6.03. The lowest BCUT2D eigenvalue weighted by Gasteiger charge is -2.27. The van der Waals surface area contributed by atoms with Gasteiger partial charge in [-0.1, -0.05) is 30.1 Å². The van der Waals surface area contributed by atoms with Crippen LogP contribution in [0.25, 0.3) is 0 Å². The lowest BCUT2D eigenvalue weighted by Crippen LogP contribution is -2.34. The van der Waals surface area contributed by atoms with Crippen molar-refractivity contribution in [1.82, 2.24) is 15.6 Å². The van der Waals surface area contributed by atoms with Gasteiger partial charge in [0.25, 0.3) is 0 Å². The Hall–Kier alpha value is -1.04. The summed E-state index contributed by atoms with van der Waals surface area (Å²) in [5, 5.41) is 10.4. The van der Waals surface area contributed by atoms with E-state index in [-0.39, 0.29) is 5.91 Å². The van der Waals surface area contributed by atoms with Crippen LogP contribution in [0.3, 0.4) is 0 Å². The molecule has 1 saturated heterocycles. The highest BCUT2D eigenvalue weighted by molar-refractivity contribution is 6.35. The summed E-state index contributed by atoms with van der Waals surface area (Å²) >= 11 is 11.8. The molecule has 1 amide bonds. The van der Waals surface area contributed by atoms with Gasteiger partial charge in [-0.25, -0.2) is 4.98 Å². The number of carbonyl (C=O) groups is 1. The molecule has 0 aliphatic carbocycles. The number of carbonyl (C=O) groups excluding carboxylic acids is 1. The summed E-state index contributed by atoms with van der Waals surface area (Å²) in [4.78, 5) is 16.1. The number of hydrogen-bond donors (Lipinski definition) is 3. The monoisotopic (exact) mass is 358 g/mol. The molecule has 0 radical (unpaired) electrons. The number of nitrogens with zero attached hydrogens (tertiary/aromatic N) is 1. The van der Waals surface area contributed by atoms with Gasteiger partial charge in [-0.2, -0.15) is 0 Å². The van der Waals surface area contributed by atoms with Crippen molar-refractivity contribution in [3.63, 3.8) is 0 Å². The minimum atomic E-state index is 0.105. The molecule has 2 rings (SSSR count). The van der Waals surface area contributed by atoms with Crippen LogP contribution in [0, 0.1) is 11.8 Å². The Kier molecular flexibility index (Phi) is 7.40. The Labute approximate surface area is 147 Å². The molecule has 0 aromatic carbocycles. The standard InChI is InChI=1S/C16H24Cl2N4O/c1-11(12-2-4-19-5-3-12)8-15(23)20-6-7-21-16-14(18)9-13(17)10-22-16/h9-12,19H,2-8H2,1H3,(H,20,23)(H,21,22). The van der Waals surface area contributed by atoms with E-state index in [2.05, 4.69) is 27.9 Å². The van der Waals surface area contributed by atoms with Crippen molar-refractivity contribution in [2.24, 2.45) is 11.8 Å². The average molecular weight is 359 g/mol. The number of halogens is 2. The minimum Gasteiger partial charge on any atom is -0.367 e. The fourth-order valence-corrected chi connectivity index (χ4v) is 3.32. The molecule has 1 aromatic rings. The molecule has 0 spiro atoms. The Morgan fingerprint density at radius 3 is 2.83 bits per heavy atom. The molecule has 3 N–H and O–H groups in total. The number of hydrogen-bond acceptors (Lipinski definition) is 4. The molecule has 7 heteroatoms. The van der Waals surface area contributed by atoms with Crippen molar-refractivity contribution >= 4 is 34.9 Å². The quantitative estimate of drug-likeness (QED) is 0.655. The number of rotatable bonds is 7. The van der Waals surface area contributed by atoms with Gasteiger partial charge in [-0.15, -0.1) is 0 Å². The predicted molar refractivity (Wildman–Crippen MR) is 95.1 cm³/mol. The third kappa shape index (κ3) is 6.16. The molecule has 1 fully saturated rings. The summed E-state index contributed by atoms with van der Waals surface area (Å²) in [6, 6.07) is 1.64. The topological polar surface area (TPSA) is 66.0 Å². The van der Waals surface area contributed by atoms with E-state index in [0.717, 1.165) is 25.9 Å². The molecule has 0 bridgehead atoms. The van der Waals surface area contributed by atoms with Crippen LogP contribution in [0.4, 0.5) is 5.82 Å². The second kappa shape index (κ2) is 9.30. The van der Waals surface area contributed by atoms with E-state index >= 15 is 0 Å². The zero-order valence-electron chi connectivity index (χ0n) is 13.4. The zero-order valence-corrected chi connectivity index (χ0v) is 14.9. The molecular weight excluding hydrogens is 335 g/mol. The van der Waals surface area contributed by atoms with E-state index < -0.39 is 0 Å². The minimum absolute atomic E-state index is 0.105. The molecule has 1 aliphatic rings. The summed E-state index contributed by atoms with van der Waals surface area (Å²) in [5.41, 5.74) is 0. The summed E-state index contributed by atoms with van der Waals surface area (Å²) in [5.74, 6) is 1.76. The molecule has 1 atom stereocenters. The van der Waals surface area contributed by atoms with Crippen molar-refractivity contribution in [2.75, 3.05) is 31.5 Å². The number of aromatic nitrogens is 1. The fraction of sp³-hybridized carbons (Fsp3) is 0.625. The van der Waals surface area contributed by atoms with Crippen LogP contribution >= 0.6 is 23.2 Å². The Bertz CT molecular complexity index is 521. The van der Waals surface area contributed by atoms with Gasteiger partial charge in [0.2, 0.25) is 5.91 Å². The van der Waals surface area contributed by atoms with Crippen LogP contribution in [-0.4, -0.2) is 37.1 Å². The molecule has 1 aliphatic heterocycles. The summed E-state index contributed by atoms with van der Waals surface area (Å²) in [6.07, 6.45) is 4.45. The third-order valence-corrected chi connectivity index (χ3v) is 4.74. The maximum absolute atomic E-state index is 12.0. The van der Waals surface area contributed by atoms with Crippen LogP contribution in [-0.2, 0) is 4.79 Å². The molecule has 2 heterocycles. The molecule has 0 saturated carbocycles. The van der Waals surface area contributed by atoms with Gasteiger partial charge in [-0.05, 0) is 43.8 Å². The van der Waals surface area contributed by atoms with E-state index in [4.69, 9.17) is 23.2 Å². The van der Waals surface area contributed by atoms with Crippen LogP contribution in [0.5, 0.6) is 0 Å². The van der Waals surface area contributed by atoms with Crippen LogP contribution < -0.4 is 16.0 Å². The summed E-state index contributed by atoms with van der Waals surface area (Å²) in [7, 11) is 0. The first-order valence-electron chi connectivity index (χ1n) is 8.08. The van der Waals surface area contributed by atoms with Gasteiger partial charge in [0.1, 0.15) is 5.82 Å². The lowest BCUT2D eigenvalue weighted by atomic mass is 9.84. The van der Waals surface area contributed by atoms with Crippen molar-refractivity contribution in [3.05, 3.63) is 22.3 Å². The highest BCUT2D eigenvalue weighted by Crippen LogP contribution is 2.24. The first-order valence-corrected chi connectivity index (χ1v) is 8.84. The van der Waals surface area contributed by atoms with E-state index in [1.165, 1.54) is 6.20 Å². The highest BCUT2D eigenvalue weighted by atomic mass is 35.5. The van der Waals surface area contributed by atoms with Gasteiger partial charge in [0, 0.05) is 25.7 Å². The number of nitrogens with one attached hydrogen (secondary N) is 3. The van der Waals surface area contributed by atoms with Crippen molar-refractivity contribution in [3.8, 4) is 0 Å². The van der Waals surface area contributed by atoms with Gasteiger partial charge in [0.15, 0.2) is 0 Å². The normalized spacial score (nSPS) is 16.8. The molecule has 5 nitrogen and oxygen atoms in total. The number of pyridine rings is 1. The second-order valence-corrected chi connectivity index (χ2v) is 6.87. The van der Waals surface area contributed by atoms with Gasteiger partial charge >= 0.3 is 0 Å². The van der Waals surface area contributed by atoms with Crippen LogP contribution in [0.1, 0.15) is 26.2 Å². The highest BCUT2D eigenvalue weighted by Gasteiger charge is 2.21. The Morgan fingerprint density at radius 1 is 1.39 bits per heavy atom. The fourth-order valence-electron chi connectivity index (χ4n) is 2.87. The van der Waals surface area contributed by atoms with Gasteiger partial charge in [-0.3, -0.25) is 4.79 Å². The van der Waals surface area contributed by atoms with Crippen molar-refractivity contribution < 1.29 is 4.79 Å². The SMILES string of the molecule is CC(CC(=O)NCCNc1ncc(Cl)cc1Cl)C1CCNCC1. The van der Waals surface area contributed by atoms with Crippen molar-refractivity contribution in [1.29, 1.82) is 0 Å². The number of piperidine rings is 1. The predicted octanol–water partition coefficient (Wildman–Crippen LogP) is 2.94. The molecule has 128 valence electrons. The van der Waals surface area contributed by atoms with Crippen molar-refractivity contribution in [2.45, 2.75) is 26.2 Å². The molecule has 1 unspecified atom stereocenters. The van der Waals surface area contributed by atoms with Gasteiger partial charge < -0.3 is 16.0 Å². The van der Waals surface area contributed by atoms with E-state index in [1.807, 2.05) is 0 Å². The maximum Gasteiger partial charge on any atom is 0.220 e. The van der Waals surface area contributed by atoms with E-state index in [1.54, 1.807) is 6.07 Å². The van der Waals surface area contributed by atoms with Gasteiger partial charge in [0.05, 0.1) is 10.0 Å².